The van der Waals surface area contributed by atoms with Gasteiger partial charge in [-0.3, -0.25) is 14.4 Å². The zero-order valence-electron chi connectivity index (χ0n) is 8.90. The van der Waals surface area contributed by atoms with E-state index in [0.717, 1.165) is 3.57 Å². The van der Waals surface area contributed by atoms with E-state index in [2.05, 4.69) is 27.9 Å². The first-order valence-corrected chi connectivity index (χ1v) is 6.27. The summed E-state index contributed by atoms with van der Waals surface area (Å²) in [5.41, 5.74) is 0.404. The number of carbonyl (C=O) groups excluding carboxylic acids is 3. The van der Waals surface area contributed by atoms with Gasteiger partial charge in [-0.05, 0) is 34.7 Å². The van der Waals surface area contributed by atoms with Crippen LogP contribution in [0.5, 0.6) is 0 Å². The van der Waals surface area contributed by atoms with Gasteiger partial charge in [-0.15, -0.1) is 0 Å². The maximum atomic E-state index is 12.0. The average Bonchev–Trinajstić information content (AvgIpc) is 2.29. The van der Waals surface area contributed by atoms with E-state index in [1.165, 1.54) is 0 Å². The summed E-state index contributed by atoms with van der Waals surface area (Å²) >= 11 is 2.13. The van der Waals surface area contributed by atoms with Crippen LogP contribution in [0.1, 0.15) is 16.8 Å². The van der Waals surface area contributed by atoms with Crippen molar-refractivity contribution in [3.63, 3.8) is 0 Å². The molecule has 0 aliphatic carbocycles. The molecular formula is C12H10INO3. The topological polar surface area (TPSA) is 63.2 Å². The summed E-state index contributed by atoms with van der Waals surface area (Å²) in [5.74, 6) is -2.35. The lowest BCUT2D eigenvalue weighted by Crippen LogP contribution is -2.46. The van der Waals surface area contributed by atoms with Gasteiger partial charge in [-0.1, -0.05) is 12.1 Å². The zero-order chi connectivity index (χ0) is 12.4. The van der Waals surface area contributed by atoms with Crippen molar-refractivity contribution in [1.29, 1.82) is 0 Å². The Morgan fingerprint density at radius 1 is 1.24 bits per heavy atom. The Hall–Kier alpha value is -1.24. The molecule has 17 heavy (non-hydrogen) atoms. The highest BCUT2D eigenvalue weighted by molar-refractivity contribution is 14.1. The fraction of sp³-hybridized carbons (Fsp3) is 0.250. The van der Waals surface area contributed by atoms with E-state index < -0.39 is 17.6 Å². The summed E-state index contributed by atoms with van der Waals surface area (Å²) in [6.45, 7) is 0.328. The molecule has 1 heterocycles. The molecule has 1 unspecified atom stereocenters. The molecule has 2 rings (SSSR count). The van der Waals surface area contributed by atoms with E-state index in [-0.39, 0.29) is 12.2 Å². The number of Topliss-reactive ketones (excluding diaryl/α,β-unsaturated/α-hetero) is 2. The van der Waals surface area contributed by atoms with Gasteiger partial charge in [0.15, 0.2) is 17.5 Å². The van der Waals surface area contributed by atoms with Gasteiger partial charge in [0, 0.05) is 22.1 Å². The van der Waals surface area contributed by atoms with Crippen LogP contribution in [0.3, 0.4) is 0 Å². The van der Waals surface area contributed by atoms with Crippen molar-refractivity contribution in [2.24, 2.45) is 5.92 Å². The van der Waals surface area contributed by atoms with Gasteiger partial charge >= 0.3 is 0 Å². The van der Waals surface area contributed by atoms with Crippen LogP contribution in [0.2, 0.25) is 0 Å². The van der Waals surface area contributed by atoms with Gasteiger partial charge in [-0.2, -0.15) is 0 Å². The summed E-state index contributed by atoms with van der Waals surface area (Å²) in [7, 11) is 0. The Balaban J connectivity index is 2.27. The average molecular weight is 343 g/mol. The predicted octanol–water partition coefficient (Wildman–Crippen LogP) is 1.18. The van der Waals surface area contributed by atoms with E-state index >= 15 is 0 Å². The molecule has 88 valence electrons. The standard InChI is InChI=1S/C12H10INO3/c13-8-3-1-7(2-4-8)11(16)10-9(15)5-6-14-12(10)17/h1-4,10H,5-6H2,(H,14,17). The number of halogens is 1. The van der Waals surface area contributed by atoms with Gasteiger partial charge in [0.2, 0.25) is 5.91 Å². The van der Waals surface area contributed by atoms with Crippen molar-refractivity contribution >= 4 is 40.1 Å². The van der Waals surface area contributed by atoms with Crippen LogP contribution in [-0.2, 0) is 9.59 Å². The van der Waals surface area contributed by atoms with Gasteiger partial charge in [0.25, 0.3) is 0 Å². The lowest BCUT2D eigenvalue weighted by atomic mass is 9.89. The SMILES string of the molecule is O=C1CCNC(=O)C1C(=O)c1ccc(I)cc1. The third-order valence-electron chi connectivity index (χ3n) is 2.65. The second kappa shape index (κ2) is 4.95. The number of ketones is 2. The minimum absolute atomic E-state index is 0.229. The first-order valence-electron chi connectivity index (χ1n) is 5.20. The van der Waals surface area contributed by atoms with Crippen LogP contribution in [0, 0.1) is 9.49 Å². The second-order valence-electron chi connectivity index (χ2n) is 3.81. The molecule has 5 heteroatoms. The van der Waals surface area contributed by atoms with Gasteiger partial charge in [-0.25, -0.2) is 0 Å². The lowest BCUT2D eigenvalue weighted by molar-refractivity contribution is -0.134. The molecule has 4 nitrogen and oxygen atoms in total. The monoisotopic (exact) mass is 343 g/mol. The molecule has 1 aliphatic heterocycles. The largest absolute Gasteiger partial charge is 0.355 e. The number of hydrogen-bond donors (Lipinski definition) is 1. The number of carbonyl (C=O) groups is 3. The molecule has 0 bridgehead atoms. The number of piperidine rings is 1. The van der Waals surface area contributed by atoms with Crippen molar-refractivity contribution in [1.82, 2.24) is 5.32 Å². The summed E-state index contributed by atoms with van der Waals surface area (Å²) < 4.78 is 0.999. The maximum Gasteiger partial charge on any atom is 0.238 e. The van der Waals surface area contributed by atoms with E-state index in [0.29, 0.717) is 12.1 Å². The number of benzene rings is 1. The number of nitrogens with one attached hydrogen (secondary N) is 1. The molecule has 1 saturated heterocycles. The molecule has 1 aliphatic rings. The molecule has 1 aromatic rings. The number of hydrogen-bond acceptors (Lipinski definition) is 3. The van der Waals surface area contributed by atoms with E-state index in [1.807, 2.05) is 0 Å². The Bertz CT molecular complexity index is 465. The van der Waals surface area contributed by atoms with Crippen LogP contribution in [0.15, 0.2) is 24.3 Å². The third-order valence-corrected chi connectivity index (χ3v) is 3.36. The fourth-order valence-electron chi connectivity index (χ4n) is 1.75. The Labute approximate surface area is 112 Å². The Morgan fingerprint density at radius 2 is 1.88 bits per heavy atom. The molecule has 0 aromatic heterocycles. The first kappa shape index (κ1) is 12.2. The van der Waals surface area contributed by atoms with E-state index in [4.69, 9.17) is 0 Å². The number of rotatable bonds is 2. The molecule has 1 N–H and O–H groups in total. The van der Waals surface area contributed by atoms with E-state index in [9.17, 15) is 14.4 Å². The molecule has 0 radical (unpaired) electrons. The molecule has 0 saturated carbocycles. The summed E-state index contributed by atoms with van der Waals surface area (Å²) in [6, 6.07) is 6.83. The highest BCUT2D eigenvalue weighted by Gasteiger charge is 2.36. The maximum absolute atomic E-state index is 12.0. The van der Waals surface area contributed by atoms with Crippen molar-refractivity contribution in [3.8, 4) is 0 Å². The smallest absolute Gasteiger partial charge is 0.238 e. The van der Waals surface area contributed by atoms with Crippen LogP contribution >= 0.6 is 22.6 Å². The second-order valence-corrected chi connectivity index (χ2v) is 5.06. The molecule has 1 atom stereocenters. The molecule has 1 fully saturated rings. The zero-order valence-corrected chi connectivity index (χ0v) is 11.1. The third kappa shape index (κ3) is 2.54. The van der Waals surface area contributed by atoms with Gasteiger partial charge in [0.05, 0.1) is 0 Å². The van der Waals surface area contributed by atoms with Gasteiger partial charge in [0.1, 0.15) is 0 Å². The van der Waals surface area contributed by atoms with Crippen molar-refractivity contribution in [2.75, 3.05) is 6.54 Å². The van der Waals surface area contributed by atoms with Crippen LogP contribution in [0.25, 0.3) is 0 Å². The predicted molar refractivity (Wildman–Crippen MR) is 69.6 cm³/mol. The molecule has 1 amide bonds. The highest BCUT2D eigenvalue weighted by Crippen LogP contribution is 2.16. The van der Waals surface area contributed by atoms with Crippen LogP contribution in [-0.4, -0.2) is 24.0 Å². The molecule has 1 aromatic carbocycles. The summed E-state index contributed by atoms with van der Waals surface area (Å²) in [5, 5.41) is 2.54. The molecule has 0 spiro atoms. The normalized spacial score (nSPS) is 19.9. The van der Waals surface area contributed by atoms with Crippen LogP contribution in [0.4, 0.5) is 0 Å². The summed E-state index contributed by atoms with van der Waals surface area (Å²) in [4.78, 5) is 35.2. The van der Waals surface area contributed by atoms with Crippen LogP contribution < -0.4 is 5.32 Å². The quantitative estimate of drug-likeness (QED) is 0.498. The van der Waals surface area contributed by atoms with Crippen molar-refractivity contribution in [2.45, 2.75) is 6.42 Å². The fourth-order valence-corrected chi connectivity index (χ4v) is 2.11. The Morgan fingerprint density at radius 3 is 2.47 bits per heavy atom. The van der Waals surface area contributed by atoms with Gasteiger partial charge < -0.3 is 5.32 Å². The van der Waals surface area contributed by atoms with Crippen molar-refractivity contribution < 1.29 is 14.4 Å². The minimum atomic E-state index is -1.16. The highest BCUT2D eigenvalue weighted by atomic mass is 127. The lowest BCUT2D eigenvalue weighted by Gasteiger charge is -2.19. The Kier molecular flexibility index (Phi) is 3.56. The molecular weight excluding hydrogens is 333 g/mol. The van der Waals surface area contributed by atoms with E-state index in [1.54, 1.807) is 24.3 Å². The van der Waals surface area contributed by atoms with Crippen molar-refractivity contribution in [3.05, 3.63) is 33.4 Å². The number of amides is 1. The summed E-state index contributed by atoms with van der Waals surface area (Å²) in [6.07, 6.45) is 0.229. The first-order chi connectivity index (χ1) is 8.09. The minimum Gasteiger partial charge on any atom is -0.355 e.